The Morgan fingerprint density at radius 3 is 2.52 bits per heavy atom. The minimum absolute atomic E-state index is 0.226. The maximum atomic E-state index is 2.57. The molecule has 0 amide bonds. The largest absolute Gasteiger partial charge is 0.0828 e. The third-order valence-electron chi connectivity index (χ3n) is 5.19. The number of allylic oxidation sites excluding steroid dienone is 4. The molecular formula is C20H28Si. The van der Waals surface area contributed by atoms with Crippen LogP contribution in [0.4, 0.5) is 0 Å². The number of rotatable bonds is 5. The number of hydrogen-bond donors (Lipinski definition) is 0. The van der Waals surface area contributed by atoms with Crippen LogP contribution in [0.15, 0.2) is 52.8 Å². The van der Waals surface area contributed by atoms with Gasteiger partial charge in [0, 0.05) is 0 Å². The first-order chi connectivity index (χ1) is 10.3. The summed E-state index contributed by atoms with van der Waals surface area (Å²) in [5, 5.41) is 3.36. The first kappa shape index (κ1) is 14.8. The molecule has 0 nitrogen and oxygen atoms in total. The molecule has 1 aromatic carbocycles. The average molecular weight is 297 g/mol. The zero-order valence-electron chi connectivity index (χ0n) is 13.4. The summed E-state index contributed by atoms with van der Waals surface area (Å²) in [6.07, 6.45) is 13.9. The smallest absolute Gasteiger partial charge is 0.0783 e. The highest BCUT2D eigenvalue weighted by molar-refractivity contribution is 6.61. The zero-order valence-corrected chi connectivity index (χ0v) is 14.8. The van der Waals surface area contributed by atoms with E-state index in [0.29, 0.717) is 0 Å². The van der Waals surface area contributed by atoms with E-state index in [1.807, 2.05) is 0 Å². The van der Waals surface area contributed by atoms with Gasteiger partial charge in [0.05, 0.1) is 9.52 Å². The molecule has 112 valence electrons. The molecule has 2 aliphatic carbocycles. The predicted molar refractivity (Wildman–Crippen MR) is 95.8 cm³/mol. The van der Waals surface area contributed by atoms with E-state index >= 15 is 0 Å². The van der Waals surface area contributed by atoms with Gasteiger partial charge in [-0.3, -0.25) is 0 Å². The van der Waals surface area contributed by atoms with Crippen LogP contribution in [0, 0.1) is 5.92 Å². The van der Waals surface area contributed by atoms with Gasteiger partial charge in [0.15, 0.2) is 0 Å². The van der Waals surface area contributed by atoms with Gasteiger partial charge in [-0.15, -0.1) is 0 Å². The van der Waals surface area contributed by atoms with Crippen LogP contribution in [-0.2, 0) is 0 Å². The Kier molecular flexibility index (Phi) is 5.13. The van der Waals surface area contributed by atoms with E-state index in [1.165, 1.54) is 51.4 Å². The van der Waals surface area contributed by atoms with Crippen LogP contribution in [-0.4, -0.2) is 9.52 Å². The maximum absolute atomic E-state index is 2.57. The van der Waals surface area contributed by atoms with Gasteiger partial charge in [0.1, 0.15) is 0 Å². The Labute approximate surface area is 132 Å². The van der Waals surface area contributed by atoms with Gasteiger partial charge in [-0.25, -0.2) is 0 Å². The topological polar surface area (TPSA) is 0 Å². The predicted octanol–water partition coefficient (Wildman–Crippen LogP) is 4.45. The molecular weight excluding hydrogens is 268 g/mol. The Hall–Kier alpha value is -1.08. The van der Waals surface area contributed by atoms with E-state index in [2.05, 4.69) is 43.3 Å². The van der Waals surface area contributed by atoms with Crippen molar-refractivity contribution in [1.29, 1.82) is 0 Å². The first-order valence-corrected chi connectivity index (χ1v) is 10.2. The molecule has 0 saturated heterocycles. The molecule has 2 aliphatic rings. The summed E-state index contributed by atoms with van der Waals surface area (Å²) in [5.41, 5.74) is 3.47. The Morgan fingerprint density at radius 1 is 1.05 bits per heavy atom. The molecule has 0 unspecified atom stereocenters. The van der Waals surface area contributed by atoms with Crippen molar-refractivity contribution in [3.8, 4) is 0 Å². The summed E-state index contributed by atoms with van der Waals surface area (Å²) >= 11 is 0. The van der Waals surface area contributed by atoms with Crippen LogP contribution in [0.2, 0.25) is 0 Å². The van der Waals surface area contributed by atoms with Crippen molar-refractivity contribution in [2.75, 3.05) is 0 Å². The molecule has 0 heterocycles. The molecule has 0 bridgehead atoms. The second-order valence-electron chi connectivity index (χ2n) is 6.83. The van der Waals surface area contributed by atoms with Gasteiger partial charge in [0.25, 0.3) is 0 Å². The van der Waals surface area contributed by atoms with Crippen molar-refractivity contribution >= 4 is 14.7 Å². The monoisotopic (exact) mass is 296 g/mol. The molecule has 21 heavy (non-hydrogen) atoms. The van der Waals surface area contributed by atoms with Crippen molar-refractivity contribution in [3.05, 3.63) is 52.8 Å². The third-order valence-corrected chi connectivity index (χ3v) is 6.98. The third kappa shape index (κ3) is 3.97. The lowest BCUT2D eigenvalue weighted by Gasteiger charge is -2.23. The quantitative estimate of drug-likeness (QED) is 0.704. The highest BCUT2D eigenvalue weighted by Gasteiger charge is 2.20. The van der Waals surface area contributed by atoms with Crippen LogP contribution in [0.3, 0.4) is 0 Å². The van der Waals surface area contributed by atoms with Crippen LogP contribution >= 0.6 is 0 Å². The van der Waals surface area contributed by atoms with Gasteiger partial charge in [-0.05, 0) is 30.8 Å². The van der Waals surface area contributed by atoms with Crippen molar-refractivity contribution in [3.63, 3.8) is 0 Å². The lowest BCUT2D eigenvalue weighted by Crippen LogP contribution is -2.15. The fourth-order valence-corrected chi connectivity index (χ4v) is 5.86. The van der Waals surface area contributed by atoms with Crippen LogP contribution < -0.4 is 5.19 Å². The highest BCUT2D eigenvalue weighted by atomic mass is 28.2. The molecule has 1 saturated carbocycles. The second kappa shape index (κ2) is 7.26. The standard InChI is InChI=1S/C20H28Si/c1-2-17-14-20(21-19-11-7-4-8-12-19)15-18(17)13-16-9-5-3-6-10-16/h4,7-8,11-12,14,16H,2-3,5-6,9-10,13,15,21H2,1H3. The van der Waals surface area contributed by atoms with E-state index in [1.54, 1.807) is 21.5 Å². The highest BCUT2D eigenvalue weighted by Crippen LogP contribution is 2.36. The molecule has 0 atom stereocenters. The summed E-state index contributed by atoms with van der Waals surface area (Å²) in [5.74, 6) is 0.987. The molecule has 3 rings (SSSR count). The van der Waals surface area contributed by atoms with Gasteiger partial charge in [-0.2, -0.15) is 0 Å². The molecule has 0 aromatic heterocycles. The van der Waals surface area contributed by atoms with Gasteiger partial charge in [0.2, 0.25) is 0 Å². The number of hydrogen-bond acceptors (Lipinski definition) is 0. The van der Waals surface area contributed by atoms with E-state index in [0.717, 1.165) is 5.92 Å². The van der Waals surface area contributed by atoms with E-state index in [9.17, 15) is 0 Å². The zero-order chi connectivity index (χ0) is 14.5. The summed E-state index contributed by atoms with van der Waals surface area (Å²) in [7, 11) is -0.226. The maximum Gasteiger partial charge on any atom is 0.0828 e. The SMILES string of the molecule is CCC1=C(CC2CCCCC2)CC([SiH2]c2ccccc2)=C1. The fourth-order valence-electron chi connectivity index (χ4n) is 4.05. The summed E-state index contributed by atoms with van der Waals surface area (Å²) < 4.78 is 0. The molecule has 0 aliphatic heterocycles. The molecule has 0 spiro atoms. The minimum Gasteiger partial charge on any atom is -0.0783 e. The summed E-state index contributed by atoms with van der Waals surface area (Å²) in [6.45, 7) is 2.33. The van der Waals surface area contributed by atoms with Gasteiger partial charge < -0.3 is 0 Å². The van der Waals surface area contributed by atoms with Gasteiger partial charge in [-0.1, -0.05) is 91.4 Å². The summed E-state index contributed by atoms with van der Waals surface area (Å²) in [4.78, 5) is 0. The van der Waals surface area contributed by atoms with Crippen molar-refractivity contribution in [1.82, 2.24) is 0 Å². The Bertz CT molecular complexity index is 518. The van der Waals surface area contributed by atoms with E-state index in [-0.39, 0.29) is 9.52 Å². The lowest BCUT2D eigenvalue weighted by molar-refractivity contribution is 0.354. The van der Waals surface area contributed by atoms with Crippen molar-refractivity contribution in [2.45, 2.75) is 58.3 Å². The molecule has 1 fully saturated rings. The fraction of sp³-hybridized carbons (Fsp3) is 0.500. The van der Waals surface area contributed by atoms with E-state index < -0.39 is 0 Å². The molecule has 1 heteroatoms. The number of benzene rings is 1. The van der Waals surface area contributed by atoms with Crippen molar-refractivity contribution < 1.29 is 0 Å². The normalized spacial score (nSPS) is 20.5. The molecule has 1 aromatic rings. The molecule has 0 N–H and O–H groups in total. The van der Waals surface area contributed by atoms with Gasteiger partial charge >= 0.3 is 0 Å². The Balaban J connectivity index is 1.61. The first-order valence-electron chi connectivity index (χ1n) is 8.79. The average Bonchev–Trinajstić information content (AvgIpc) is 2.91. The second-order valence-corrected chi connectivity index (χ2v) is 8.91. The van der Waals surface area contributed by atoms with Crippen molar-refractivity contribution in [2.24, 2.45) is 5.92 Å². The van der Waals surface area contributed by atoms with Crippen LogP contribution in [0.1, 0.15) is 58.3 Å². The van der Waals surface area contributed by atoms with Crippen LogP contribution in [0.5, 0.6) is 0 Å². The minimum atomic E-state index is -0.226. The summed E-state index contributed by atoms with van der Waals surface area (Å²) in [6, 6.07) is 11.1. The van der Waals surface area contributed by atoms with Crippen LogP contribution in [0.25, 0.3) is 0 Å². The lowest BCUT2D eigenvalue weighted by atomic mass is 9.83. The van der Waals surface area contributed by atoms with E-state index in [4.69, 9.17) is 0 Å². The molecule has 0 radical (unpaired) electrons. The Morgan fingerprint density at radius 2 is 1.81 bits per heavy atom.